The lowest BCUT2D eigenvalue weighted by Crippen LogP contribution is -2.45. The molecule has 0 aromatic heterocycles. The standard InChI is InChI=1S/C27H44N2O6/c1-20(27(30)29-17-21-9-13-33-14-10-21)15-23-6-7-24(18-28-23)35-19-22-5-8-25(32-3)26(16-22)34-12-4-11-31-2/h5,8,16,20-21,23-24,28H,4,6-7,9-15,17-19H2,1-3H3,(H,29,30)/t20-,23+,24-/m1/s1. The molecule has 1 aromatic carbocycles. The van der Waals surface area contributed by atoms with Gasteiger partial charge in [0.05, 0.1) is 26.4 Å². The molecule has 35 heavy (non-hydrogen) atoms. The molecule has 3 rings (SSSR count). The molecule has 8 nitrogen and oxygen atoms in total. The predicted molar refractivity (Wildman–Crippen MR) is 135 cm³/mol. The van der Waals surface area contributed by atoms with Crippen LogP contribution in [0.15, 0.2) is 18.2 Å². The molecule has 2 fully saturated rings. The SMILES string of the molecule is COCCCOc1cc(CO[C@@H]2CC[C@@H](C[C@@H](C)C(=O)NCC3CCOCC3)NC2)ccc1OC. The van der Waals surface area contributed by atoms with E-state index in [2.05, 4.69) is 10.6 Å². The van der Waals surface area contributed by atoms with Crippen LogP contribution in [0.4, 0.5) is 0 Å². The second-order valence-electron chi connectivity index (χ2n) is 9.73. The van der Waals surface area contributed by atoms with E-state index in [0.717, 1.165) is 81.9 Å². The minimum atomic E-state index is 0.00594. The molecular weight excluding hydrogens is 448 g/mol. The maximum absolute atomic E-state index is 12.5. The minimum Gasteiger partial charge on any atom is -0.493 e. The number of benzene rings is 1. The zero-order valence-corrected chi connectivity index (χ0v) is 21.7. The Labute approximate surface area is 210 Å². The zero-order valence-electron chi connectivity index (χ0n) is 21.7. The zero-order chi connectivity index (χ0) is 24.9. The summed E-state index contributed by atoms with van der Waals surface area (Å²) in [6.07, 6.45) is 5.93. The van der Waals surface area contributed by atoms with Gasteiger partial charge in [0.1, 0.15) is 0 Å². The van der Waals surface area contributed by atoms with Crippen molar-refractivity contribution in [2.24, 2.45) is 11.8 Å². The van der Waals surface area contributed by atoms with Crippen molar-refractivity contribution in [1.82, 2.24) is 10.6 Å². The van der Waals surface area contributed by atoms with Gasteiger partial charge in [0.15, 0.2) is 11.5 Å². The molecular formula is C27H44N2O6. The number of rotatable bonds is 14. The summed E-state index contributed by atoms with van der Waals surface area (Å²) in [5.74, 6) is 2.17. The Morgan fingerprint density at radius 3 is 2.69 bits per heavy atom. The van der Waals surface area contributed by atoms with Gasteiger partial charge in [0, 0.05) is 58.4 Å². The Balaban J connectivity index is 1.35. The highest BCUT2D eigenvalue weighted by Crippen LogP contribution is 2.29. The molecule has 2 heterocycles. The molecule has 3 atom stereocenters. The number of amides is 1. The van der Waals surface area contributed by atoms with Gasteiger partial charge in [-0.3, -0.25) is 4.79 Å². The van der Waals surface area contributed by atoms with Crippen molar-refractivity contribution in [2.75, 3.05) is 53.7 Å². The number of hydrogen-bond acceptors (Lipinski definition) is 7. The van der Waals surface area contributed by atoms with Crippen molar-refractivity contribution in [3.05, 3.63) is 23.8 Å². The van der Waals surface area contributed by atoms with Crippen LogP contribution < -0.4 is 20.1 Å². The van der Waals surface area contributed by atoms with E-state index < -0.39 is 0 Å². The average Bonchev–Trinajstić information content (AvgIpc) is 2.90. The molecule has 8 heteroatoms. The van der Waals surface area contributed by atoms with Gasteiger partial charge in [0.2, 0.25) is 5.91 Å². The lowest BCUT2D eigenvalue weighted by Gasteiger charge is -2.31. The Bertz CT molecular complexity index is 747. The van der Waals surface area contributed by atoms with Crippen LogP contribution in [-0.2, 0) is 25.6 Å². The molecule has 2 N–H and O–H groups in total. The van der Waals surface area contributed by atoms with Crippen molar-refractivity contribution >= 4 is 5.91 Å². The van der Waals surface area contributed by atoms with Crippen molar-refractivity contribution < 1.29 is 28.5 Å². The first kappa shape index (κ1) is 27.7. The molecule has 0 spiro atoms. The van der Waals surface area contributed by atoms with Crippen LogP contribution in [0.3, 0.4) is 0 Å². The third kappa shape index (κ3) is 9.60. The molecule has 2 saturated heterocycles. The number of piperidine rings is 1. The second kappa shape index (κ2) is 15.3. The van der Waals surface area contributed by atoms with Crippen LogP contribution in [-0.4, -0.2) is 71.8 Å². The quantitative estimate of drug-likeness (QED) is 0.385. The topological polar surface area (TPSA) is 87.3 Å². The monoisotopic (exact) mass is 492 g/mol. The van der Waals surface area contributed by atoms with Gasteiger partial charge in [-0.25, -0.2) is 0 Å². The van der Waals surface area contributed by atoms with E-state index in [4.69, 9.17) is 23.7 Å². The fourth-order valence-corrected chi connectivity index (χ4v) is 4.66. The minimum absolute atomic E-state index is 0.00594. The molecule has 0 saturated carbocycles. The summed E-state index contributed by atoms with van der Waals surface area (Å²) in [6.45, 7) is 7.00. The van der Waals surface area contributed by atoms with E-state index in [1.54, 1.807) is 14.2 Å². The summed E-state index contributed by atoms with van der Waals surface area (Å²) in [5.41, 5.74) is 1.06. The second-order valence-corrected chi connectivity index (χ2v) is 9.73. The van der Waals surface area contributed by atoms with Crippen LogP contribution in [0.25, 0.3) is 0 Å². The summed E-state index contributed by atoms with van der Waals surface area (Å²) in [5, 5.41) is 6.74. The summed E-state index contributed by atoms with van der Waals surface area (Å²) < 4.78 is 27.9. The van der Waals surface area contributed by atoms with Gasteiger partial charge in [-0.2, -0.15) is 0 Å². The van der Waals surface area contributed by atoms with Crippen molar-refractivity contribution in [3.8, 4) is 11.5 Å². The molecule has 0 radical (unpaired) electrons. The first-order valence-corrected chi connectivity index (χ1v) is 13.1. The van der Waals surface area contributed by atoms with Gasteiger partial charge in [-0.05, 0) is 55.7 Å². The smallest absolute Gasteiger partial charge is 0.222 e. The molecule has 198 valence electrons. The maximum atomic E-state index is 12.5. The van der Waals surface area contributed by atoms with Crippen LogP contribution in [0.5, 0.6) is 11.5 Å². The molecule has 2 aliphatic rings. The van der Waals surface area contributed by atoms with E-state index in [1.165, 1.54) is 0 Å². The summed E-state index contributed by atoms with van der Waals surface area (Å²) >= 11 is 0. The molecule has 1 aromatic rings. The molecule has 2 aliphatic heterocycles. The van der Waals surface area contributed by atoms with Crippen LogP contribution in [0.2, 0.25) is 0 Å². The Kier molecular flexibility index (Phi) is 12.1. The molecule has 0 aliphatic carbocycles. The van der Waals surface area contributed by atoms with Gasteiger partial charge in [0.25, 0.3) is 0 Å². The number of ether oxygens (including phenoxy) is 5. The van der Waals surface area contributed by atoms with Gasteiger partial charge >= 0.3 is 0 Å². The third-order valence-corrected chi connectivity index (χ3v) is 6.93. The van der Waals surface area contributed by atoms with Gasteiger partial charge < -0.3 is 34.3 Å². The largest absolute Gasteiger partial charge is 0.493 e. The molecule has 0 unspecified atom stereocenters. The Morgan fingerprint density at radius 2 is 1.97 bits per heavy atom. The number of carbonyl (C=O) groups is 1. The van der Waals surface area contributed by atoms with Crippen molar-refractivity contribution in [1.29, 1.82) is 0 Å². The molecule has 0 bridgehead atoms. The van der Waals surface area contributed by atoms with Gasteiger partial charge in [-0.15, -0.1) is 0 Å². The number of carbonyl (C=O) groups excluding carboxylic acids is 1. The summed E-state index contributed by atoms with van der Waals surface area (Å²) in [7, 11) is 3.34. The maximum Gasteiger partial charge on any atom is 0.222 e. The first-order valence-electron chi connectivity index (χ1n) is 13.1. The van der Waals surface area contributed by atoms with Crippen LogP contribution in [0, 0.1) is 11.8 Å². The van der Waals surface area contributed by atoms with Crippen LogP contribution in [0.1, 0.15) is 51.0 Å². The fraction of sp³-hybridized carbons (Fsp3) is 0.741. The summed E-state index contributed by atoms with van der Waals surface area (Å²) in [4.78, 5) is 12.5. The predicted octanol–water partition coefficient (Wildman–Crippen LogP) is 3.32. The van der Waals surface area contributed by atoms with E-state index in [9.17, 15) is 4.79 Å². The number of hydrogen-bond donors (Lipinski definition) is 2. The van der Waals surface area contributed by atoms with E-state index >= 15 is 0 Å². The fourth-order valence-electron chi connectivity index (χ4n) is 4.66. The Hall–Kier alpha value is -1.87. The Morgan fingerprint density at radius 1 is 1.14 bits per heavy atom. The van der Waals surface area contributed by atoms with Crippen LogP contribution >= 0.6 is 0 Å². The number of nitrogens with one attached hydrogen (secondary N) is 2. The highest BCUT2D eigenvalue weighted by atomic mass is 16.5. The average molecular weight is 493 g/mol. The molecule has 1 amide bonds. The third-order valence-electron chi connectivity index (χ3n) is 6.93. The lowest BCUT2D eigenvalue weighted by atomic mass is 9.93. The van der Waals surface area contributed by atoms with Crippen molar-refractivity contribution in [3.63, 3.8) is 0 Å². The normalized spacial score (nSPS) is 21.9. The van der Waals surface area contributed by atoms with E-state index in [-0.39, 0.29) is 17.9 Å². The first-order chi connectivity index (χ1) is 17.1. The van der Waals surface area contributed by atoms with Gasteiger partial charge in [-0.1, -0.05) is 13.0 Å². The van der Waals surface area contributed by atoms with Crippen molar-refractivity contribution in [2.45, 2.75) is 64.2 Å². The lowest BCUT2D eigenvalue weighted by molar-refractivity contribution is -0.125. The highest BCUT2D eigenvalue weighted by Gasteiger charge is 2.25. The summed E-state index contributed by atoms with van der Waals surface area (Å²) in [6, 6.07) is 6.28. The van der Waals surface area contributed by atoms with E-state index in [1.807, 2.05) is 25.1 Å². The number of methoxy groups -OCH3 is 2. The highest BCUT2D eigenvalue weighted by molar-refractivity contribution is 5.78. The van der Waals surface area contributed by atoms with E-state index in [0.29, 0.717) is 31.8 Å².